The summed E-state index contributed by atoms with van der Waals surface area (Å²) in [6.45, 7) is 4.90. The molecule has 2 aromatic heterocycles. The van der Waals surface area contributed by atoms with Crippen LogP contribution in [0.1, 0.15) is 11.4 Å². The van der Waals surface area contributed by atoms with Gasteiger partial charge in [-0.3, -0.25) is 14.9 Å². The van der Waals surface area contributed by atoms with Crippen LogP contribution in [0.4, 0.5) is 17.2 Å². The zero-order chi connectivity index (χ0) is 20.5. The van der Waals surface area contributed by atoms with Crippen LogP contribution in [-0.2, 0) is 4.79 Å². The van der Waals surface area contributed by atoms with Crippen LogP contribution in [0.25, 0.3) is 5.82 Å². The molecule has 0 aliphatic carbocycles. The van der Waals surface area contributed by atoms with E-state index in [1.165, 1.54) is 18.5 Å². The normalized spacial score (nSPS) is 13.8. The minimum Gasteiger partial charge on any atom is -0.355 e. The third kappa shape index (κ3) is 3.77. The van der Waals surface area contributed by atoms with Crippen molar-refractivity contribution in [1.82, 2.24) is 19.7 Å². The van der Waals surface area contributed by atoms with Crippen LogP contribution in [0.5, 0.6) is 0 Å². The summed E-state index contributed by atoms with van der Waals surface area (Å²) in [6.07, 6.45) is 1.48. The lowest BCUT2D eigenvalue weighted by molar-refractivity contribution is -0.384. The van der Waals surface area contributed by atoms with E-state index in [4.69, 9.17) is 0 Å². The quantitative estimate of drug-likeness (QED) is 0.521. The molecule has 1 aliphatic heterocycles. The minimum atomic E-state index is -0.490. The molecule has 10 heteroatoms. The number of nitrogens with one attached hydrogen (secondary N) is 1. The highest BCUT2D eigenvalue weighted by atomic mass is 16.6. The topological polar surface area (TPSA) is 119 Å². The number of rotatable bonds is 5. The molecule has 3 aromatic rings. The number of anilines is 2. The van der Waals surface area contributed by atoms with Gasteiger partial charge in [0.15, 0.2) is 5.82 Å². The monoisotopic (exact) mass is 393 g/mol. The number of hydrogen-bond acceptors (Lipinski definition) is 7. The summed E-state index contributed by atoms with van der Waals surface area (Å²) in [6, 6.07) is 9.72. The van der Waals surface area contributed by atoms with Crippen molar-refractivity contribution >= 4 is 23.1 Å². The molecule has 0 saturated carbocycles. The van der Waals surface area contributed by atoms with E-state index in [0.717, 1.165) is 17.2 Å². The van der Waals surface area contributed by atoms with Gasteiger partial charge >= 0.3 is 0 Å². The molecular formula is C19H19N7O3. The Morgan fingerprint density at radius 1 is 1.17 bits per heavy atom. The summed E-state index contributed by atoms with van der Waals surface area (Å²) < 4.78 is 1.76. The van der Waals surface area contributed by atoms with Crippen LogP contribution in [-0.4, -0.2) is 43.7 Å². The van der Waals surface area contributed by atoms with Crippen molar-refractivity contribution < 1.29 is 9.72 Å². The first kappa shape index (κ1) is 18.5. The number of carbonyl (C=O) groups is 1. The van der Waals surface area contributed by atoms with Crippen LogP contribution in [0.3, 0.4) is 0 Å². The molecule has 1 saturated heterocycles. The van der Waals surface area contributed by atoms with Crippen molar-refractivity contribution in [2.24, 2.45) is 5.92 Å². The summed E-state index contributed by atoms with van der Waals surface area (Å²) in [5.41, 5.74) is 2.24. The molecule has 1 amide bonds. The third-order valence-corrected chi connectivity index (χ3v) is 4.77. The minimum absolute atomic E-state index is 0.0595. The fourth-order valence-electron chi connectivity index (χ4n) is 3.26. The fourth-order valence-corrected chi connectivity index (χ4v) is 3.26. The smallest absolute Gasteiger partial charge is 0.271 e. The van der Waals surface area contributed by atoms with Gasteiger partial charge in [0, 0.05) is 42.7 Å². The van der Waals surface area contributed by atoms with E-state index in [9.17, 15) is 14.9 Å². The number of aryl methyl sites for hydroxylation is 2. The number of carbonyl (C=O) groups excluding carboxylic acids is 1. The van der Waals surface area contributed by atoms with Gasteiger partial charge in [0.2, 0.25) is 5.91 Å². The van der Waals surface area contributed by atoms with Gasteiger partial charge in [-0.05, 0) is 26.0 Å². The number of aromatic nitrogens is 4. The molecule has 0 unspecified atom stereocenters. The maximum absolute atomic E-state index is 12.4. The molecule has 0 atom stereocenters. The highest BCUT2D eigenvalue weighted by Crippen LogP contribution is 2.26. The van der Waals surface area contributed by atoms with E-state index in [-0.39, 0.29) is 17.5 Å². The van der Waals surface area contributed by atoms with Crippen LogP contribution < -0.4 is 10.2 Å². The molecule has 10 nitrogen and oxygen atoms in total. The van der Waals surface area contributed by atoms with E-state index >= 15 is 0 Å². The fraction of sp³-hybridized carbons (Fsp3) is 0.263. The average Bonchev–Trinajstić information content (AvgIpc) is 2.99. The Hall–Kier alpha value is -3.82. The first-order valence-corrected chi connectivity index (χ1v) is 9.06. The van der Waals surface area contributed by atoms with Crippen molar-refractivity contribution in [2.45, 2.75) is 13.8 Å². The molecule has 29 heavy (non-hydrogen) atoms. The van der Waals surface area contributed by atoms with Crippen LogP contribution in [0.15, 0.2) is 42.7 Å². The SMILES string of the molecule is Cc1cc(C)n(-c2cc(N3CC(C(=O)Nc4cccc([N+](=O)[O-])c4)C3)ncn2)n1. The predicted molar refractivity (Wildman–Crippen MR) is 106 cm³/mol. The second kappa shape index (κ2) is 7.30. The Balaban J connectivity index is 1.40. The van der Waals surface area contributed by atoms with Gasteiger partial charge in [0.25, 0.3) is 5.69 Å². The summed E-state index contributed by atoms with van der Waals surface area (Å²) in [5.74, 6) is 1.00. The number of non-ortho nitro benzene ring substituents is 1. The molecule has 148 valence electrons. The van der Waals surface area contributed by atoms with E-state index in [2.05, 4.69) is 20.4 Å². The molecule has 3 heterocycles. The van der Waals surface area contributed by atoms with E-state index < -0.39 is 4.92 Å². The maximum atomic E-state index is 12.4. The van der Waals surface area contributed by atoms with Gasteiger partial charge in [0.1, 0.15) is 12.1 Å². The Bertz CT molecular complexity index is 1090. The number of nitrogens with zero attached hydrogens (tertiary/aromatic N) is 6. The molecular weight excluding hydrogens is 374 g/mol. The van der Waals surface area contributed by atoms with Gasteiger partial charge < -0.3 is 10.2 Å². The molecule has 1 aromatic carbocycles. The summed E-state index contributed by atoms with van der Waals surface area (Å²) in [4.78, 5) is 33.4. The Labute approximate surface area is 166 Å². The molecule has 4 rings (SSSR count). The molecule has 0 radical (unpaired) electrons. The first-order valence-electron chi connectivity index (χ1n) is 9.06. The van der Waals surface area contributed by atoms with Crippen molar-refractivity contribution in [3.63, 3.8) is 0 Å². The lowest BCUT2D eigenvalue weighted by Gasteiger charge is -2.39. The second-order valence-electron chi connectivity index (χ2n) is 6.97. The van der Waals surface area contributed by atoms with E-state index in [1.807, 2.05) is 30.9 Å². The third-order valence-electron chi connectivity index (χ3n) is 4.77. The van der Waals surface area contributed by atoms with Gasteiger partial charge in [-0.1, -0.05) is 6.07 Å². The number of nitro groups is 1. The largest absolute Gasteiger partial charge is 0.355 e. The molecule has 1 N–H and O–H groups in total. The first-order chi connectivity index (χ1) is 13.9. The lowest BCUT2D eigenvalue weighted by Crippen LogP contribution is -2.52. The van der Waals surface area contributed by atoms with Crippen LogP contribution >= 0.6 is 0 Å². The zero-order valence-electron chi connectivity index (χ0n) is 15.9. The molecule has 0 bridgehead atoms. The van der Waals surface area contributed by atoms with Crippen molar-refractivity contribution in [2.75, 3.05) is 23.3 Å². The Morgan fingerprint density at radius 2 is 1.93 bits per heavy atom. The zero-order valence-corrected chi connectivity index (χ0v) is 15.9. The molecule has 0 spiro atoms. The lowest BCUT2D eigenvalue weighted by atomic mass is 9.99. The second-order valence-corrected chi connectivity index (χ2v) is 6.97. The van der Waals surface area contributed by atoms with Crippen molar-refractivity contribution in [1.29, 1.82) is 0 Å². The van der Waals surface area contributed by atoms with Crippen LogP contribution in [0, 0.1) is 29.9 Å². The number of benzene rings is 1. The maximum Gasteiger partial charge on any atom is 0.271 e. The average molecular weight is 393 g/mol. The standard InChI is InChI=1S/C19H19N7O3/c1-12-6-13(2)25(23-12)18-8-17(20-11-21-18)24-9-14(10-24)19(27)22-15-4-3-5-16(7-15)26(28)29/h3-8,11,14H,9-10H2,1-2H3,(H,22,27). The van der Waals surface area contributed by atoms with Gasteiger partial charge in [-0.15, -0.1) is 0 Å². The molecule has 1 fully saturated rings. The van der Waals surface area contributed by atoms with E-state index in [0.29, 0.717) is 24.6 Å². The Morgan fingerprint density at radius 3 is 2.62 bits per heavy atom. The van der Waals surface area contributed by atoms with Crippen molar-refractivity contribution in [3.05, 3.63) is 64.2 Å². The predicted octanol–water partition coefficient (Wildman–Crippen LogP) is 2.26. The molecule has 1 aliphatic rings. The van der Waals surface area contributed by atoms with Crippen molar-refractivity contribution in [3.8, 4) is 5.82 Å². The highest BCUT2D eigenvalue weighted by molar-refractivity contribution is 5.94. The van der Waals surface area contributed by atoms with E-state index in [1.54, 1.807) is 16.8 Å². The number of amides is 1. The van der Waals surface area contributed by atoms with Gasteiger partial charge in [-0.25, -0.2) is 14.6 Å². The Kier molecular flexibility index (Phi) is 4.67. The summed E-state index contributed by atoms with van der Waals surface area (Å²) in [5, 5.41) is 18.0. The van der Waals surface area contributed by atoms with Gasteiger partial charge in [-0.2, -0.15) is 5.10 Å². The van der Waals surface area contributed by atoms with Crippen LogP contribution in [0.2, 0.25) is 0 Å². The van der Waals surface area contributed by atoms with Gasteiger partial charge in [0.05, 0.1) is 16.5 Å². The summed E-state index contributed by atoms with van der Waals surface area (Å²) >= 11 is 0. The summed E-state index contributed by atoms with van der Waals surface area (Å²) in [7, 11) is 0. The number of hydrogen-bond donors (Lipinski definition) is 1. The number of nitro benzene ring substituents is 1. The highest BCUT2D eigenvalue weighted by Gasteiger charge is 2.34.